The first-order valence-corrected chi connectivity index (χ1v) is 7.07. The molecular formula is C14H21BrN2. The Hall–Kier alpha value is -0.700. The fraction of sp³-hybridized carbons (Fsp3) is 0.571. The molecule has 1 fully saturated rings. The van der Waals surface area contributed by atoms with Crippen LogP contribution >= 0.6 is 15.9 Å². The fourth-order valence-electron chi connectivity index (χ4n) is 2.69. The number of nitrogen functional groups attached to an aromatic ring is 1. The number of hydrogen-bond acceptors (Lipinski definition) is 2. The Morgan fingerprint density at radius 2 is 2.18 bits per heavy atom. The highest BCUT2D eigenvalue weighted by molar-refractivity contribution is 9.10. The second-order valence-electron chi connectivity index (χ2n) is 5.84. The van der Waals surface area contributed by atoms with Crippen LogP contribution < -0.4 is 11.1 Å². The second-order valence-corrected chi connectivity index (χ2v) is 6.70. The summed E-state index contributed by atoms with van der Waals surface area (Å²) in [5.41, 5.74) is 8.17. The minimum absolute atomic E-state index is 0.468. The molecule has 1 aliphatic carbocycles. The van der Waals surface area contributed by atoms with Crippen molar-refractivity contribution in [2.75, 3.05) is 11.1 Å². The van der Waals surface area contributed by atoms with E-state index in [4.69, 9.17) is 5.73 Å². The predicted molar refractivity (Wildman–Crippen MR) is 78.2 cm³/mol. The highest BCUT2D eigenvalue weighted by atomic mass is 79.9. The molecule has 0 heterocycles. The van der Waals surface area contributed by atoms with Crippen molar-refractivity contribution in [1.29, 1.82) is 0 Å². The van der Waals surface area contributed by atoms with Gasteiger partial charge in [0.25, 0.3) is 0 Å². The van der Waals surface area contributed by atoms with Gasteiger partial charge in [-0.05, 0) is 58.8 Å². The lowest BCUT2D eigenvalue weighted by molar-refractivity contribution is 0.229. The van der Waals surface area contributed by atoms with Crippen LogP contribution in [0.2, 0.25) is 0 Å². The molecule has 1 atom stereocenters. The topological polar surface area (TPSA) is 38.0 Å². The Morgan fingerprint density at radius 1 is 1.41 bits per heavy atom. The third-order valence-electron chi connectivity index (χ3n) is 3.56. The molecule has 1 aliphatic rings. The van der Waals surface area contributed by atoms with Crippen LogP contribution in [0.3, 0.4) is 0 Å². The molecular weight excluding hydrogens is 276 g/mol. The van der Waals surface area contributed by atoms with E-state index >= 15 is 0 Å². The summed E-state index contributed by atoms with van der Waals surface area (Å²) in [6.07, 6.45) is 5.16. The molecule has 2 rings (SSSR count). The van der Waals surface area contributed by atoms with Crippen LogP contribution in [-0.4, -0.2) is 6.04 Å². The van der Waals surface area contributed by atoms with Gasteiger partial charge in [0.05, 0.1) is 0 Å². The van der Waals surface area contributed by atoms with Gasteiger partial charge in [-0.1, -0.05) is 20.3 Å². The monoisotopic (exact) mass is 296 g/mol. The highest BCUT2D eigenvalue weighted by Crippen LogP contribution is 2.37. The number of rotatable bonds is 2. The van der Waals surface area contributed by atoms with Crippen LogP contribution in [0.15, 0.2) is 22.7 Å². The number of nitrogens with one attached hydrogen (secondary N) is 1. The van der Waals surface area contributed by atoms with Gasteiger partial charge in [0, 0.05) is 21.9 Å². The average Bonchev–Trinajstić information content (AvgIpc) is 2.21. The van der Waals surface area contributed by atoms with E-state index in [1.807, 2.05) is 12.1 Å². The Balaban J connectivity index is 2.05. The van der Waals surface area contributed by atoms with Crippen LogP contribution in [-0.2, 0) is 0 Å². The van der Waals surface area contributed by atoms with E-state index in [1.54, 1.807) is 0 Å². The lowest BCUT2D eigenvalue weighted by atomic mass is 9.75. The minimum Gasteiger partial charge on any atom is -0.399 e. The first-order valence-electron chi connectivity index (χ1n) is 6.28. The van der Waals surface area contributed by atoms with E-state index < -0.39 is 0 Å². The maximum atomic E-state index is 5.75. The zero-order chi connectivity index (χ0) is 12.5. The van der Waals surface area contributed by atoms with Crippen molar-refractivity contribution in [3.8, 4) is 0 Å². The zero-order valence-corrected chi connectivity index (χ0v) is 12.2. The molecule has 0 amide bonds. The van der Waals surface area contributed by atoms with Crippen molar-refractivity contribution < 1.29 is 0 Å². The molecule has 3 heteroatoms. The average molecular weight is 297 g/mol. The van der Waals surface area contributed by atoms with Gasteiger partial charge < -0.3 is 11.1 Å². The Morgan fingerprint density at radius 3 is 2.82 bits per heavy atom. The number of anilines is 2. The third kappa shape index (κ3) is 3.38. The molecule has 94 valence electrons. The molecule has 0 bridgehead atoms. The van der Waals surface area contributed by atoms with E-state index in [0.717, 1.165) is 15.8 Å². The van der Waals surface area contributed by atoms with Crippen molar-refractivity contribution >= 4 is 27.3 Å². The van der Waals surface area contributed by atoms with Gasteiger partial charge >= 0.3 is 0 Å². The summed E-state index contributed by atoms with van der Waals surface area (Å²) in [6, 6.07) is 6.54. The van der Waals surface area contributed by atoms with Crippen LogP contribution in [0.4, 0.5) is 11.4 Å². The summed E-state index contributed by atoms with van der Waals surface area (Å²) in [5.74, 6) is 0. The molecule has 0 saturated heterocycles. The largest absolute Gasteiger partial charge is 0.399 e. The maximum absolute atomic E-state index is 5.75. The molecule has 1 aromatic carbocycles. The fourth-order valence-corrected chi connectivity index (χ4v) is 3.20. The SMILES string of the molecule is CC1(C)CCCC(Nc2ccc(N)cc2Br)C1. The molecule has 17 heavy (non-hydrogen) atoms. The summed E-state index contributed by atoms with van der Waals surface area (Å²) in [4.78, 5) is 0. The highest BCUT2D eigenvalue weighted by Gasteiger charge is 2.27. The van der Waals surface area contributed by atoms with Crippen molar-refractivity contribution in [3.63, 3.8) is 0 Å². The van der Waals surface area contributed by atoms with E-state index in [1.165, 1.54) is 25.7 Å². The summed E-state index contributed by atoms with van der Waals surface area (Å²) >= 11 is 3.56. The van der Waals surface area contributed by atoms with Gasteiger partial charge in [-0.25, -0.2) is 0 Å². The third-order valence-corrected chi connectivity index (χ3v) is 4.21. The summed E-state index contributed by atoms with van der Waals surface area (Å²) < 4.78 is 1.06. The molecule has 0 spiro atoms. The number of nitrogens with two attached hydrogens (primary N) is 1. The van der Waals surface area contributed by atoms with E-state index in [2.05, 4.69) is 41.2 Å². The normalized spacial score (nSPS) is 23.4. The van der Waals surface area contributed by atoms with Crippen molar-refractivity contribution in [2.24, 2.45) is 5.41 Å². The molecule has 0 aliphatic heterocycles. The number of benzene rings is 1. The van der Waals surface area contributed by atoms with Crippen LogP contribution in [0.1, 0.15) is 39.5 Å². The second kappa shape index (κ2) is 4.89. The van der Waals surface area contributed by atoms with E-state index in [0.29, 0.717) is 11.5 Å². The van der Waals surface area contributed by atoms with Crippen LogP contribution in [0.5, 0.6) is 0 Å². The van der Waals surface area contributed by atoms with Gasteiger partial charge in [-0.2, -0.15) is 0 Å². The van der Waals surface area contributed by atoms with Gasteiger partial charge in [0.15, 0.2) is 0 Å². The predicted octanol–water partition coefficient (Wildman–Crippen LogP) is 4.41. The molecule has 0 aromatic heterocycles. The zero-order valence-electron chi connectivity index (χ0n) is 10.6. The maximum Gasteiger partial charge on any atom is 0.0488 e. The van der Waals surface area contributed by atoms with Gasteiger partial charge in [0.2, 0.25) is 0 Å². The minimum atomic E-state index is 0.468. The smallest absolute Gasteiger partial charge is 0.0488 e. The number of halogens is 1. The van der Waals surface area contributed by atoms with Gasteiger partial charge in [-0.15, -0.1) is 0 Å². The Bertz CT molecular complexity index is 401. The van der Waals surface area contributed by atoms with Gasteiger partial charge in [0.1, 0.15) is 0 Å². The molecule has 0 radical (unpaired) electrons. The lowest BCUT2D eigenvalue weighted by Crippen LogP contribution is -2.31. The molecule has 1 aromatic rings. The number of hydrogen-bond donors (Lipinski definition) is 2. The first-order chi connectivity index (χ1) is 7.96. The molecule has 1 saturated carbocycles. The van der Waals surface area contributed by atoms with Crippen molar-refractivity contribution in [1.82, 2.24) is 0 Å². The molecule has 3 N–H and O–H groups in total. The standard InChI is InChI=1S/C14H21BrN2/c1-14(2)7-3-4-11(9-14)17-13-6-5-10(16)8-12(13)15/h5-6,8,11,17H,3-4,7,9,16H2,1-2H3. The van der Waals surface area contributed by atoms with E-state index in [-0.39, 0.29) is 0 Å². The van der Waals surface area contributed by atoms with Crippen LogP contribution in [0, 0.1) is 5.41 Å². The quantitative estimate of drug-likeness (QED) is 0.793. The van der Waals surface area contributed by atoms with Crippen molar-refractivity contribution in [3.05, 3.63) is 22.7 Å². The summed E-state index contributed by atoms with van der Waals surface area (Å²) in [7, 11) is 0. The lowest BCUT2D eigenvalue weighted by Gasteiger charge is -2.36. The summed E-state index contributed by atoms with van der Waals surface area (Å²) in [5, 5.41) is 3.63. The molecule has 2 nitrogen and oxygen atoms in total. The van der Waals surface area contributed by atoms with Crippen LogP contribution in [0.25, 0.3) is 0 Å². The Labute approximate surface area is 112 Å². The first kappa shape index (κ1) is 12.7. The Kier molecular flexibility index (Phi) is 3.67. The van der Waals surface area contributed by atoms with E-state index in [9.17, 15) is 0 Å². The summed E-state index contributed by atoms with van der Waals surface area (Å²) in [6.45, 7) is 4.72. The van der Waals surface area contributed by atoms with Gasteiger partial charge in [-0.3, -0.25) is 0 Å². The van der Waals surface area contributed by atoms with Crippen molar-refractivity contribution in [2.45, 2.75) is 45.6 Å². The molecule has 1 unspecified atom stereocenters.